The zero-order chi connectivity index (χ0) is 13.4. The van der Waals surface area contributed by atoms with Crippen molar-refractivity contribution < 1.29 is 22.4 Å². The molecule has 2 N–H and O–H groups in total. The molecule has 1 heterocycles. The van der Waals surface area contributed by atoms with Crippen LogP contribution in [0.3, 0.4) is 0 Å². The second-order valence-corrected chi connectivity index (χ2v) is 5.71. The minimum Gasteiger partial charge on any atom is -0.463 e. The van der Waals surface area contributed by atoms with Crippen LogP contribution in [-0.2, 0) is 15.0 Å². The van der Waals surface area contributed by atoms with E-state index in [2.05, 4.69) is 0 Å². The molecule has 0 spiro atoms. The monoisotopic (exact) mass is 273 g/mol. The molecule has 0 aromatic heterocycles. The van der Waals surface area contributed by atoms with Crippen molar-refractivity contribution in [3.63, 3.8) is 0 Å². The number of nitrogens with one attached hydrogen (secondary N) is 1. The Labute approximate surface area is 106 Å². The van der Waals surface area contributed by atoms with Crippen LogP contribution in [0, 0.1) is 0 Å². The van der Waals surface area contributed by atoms with E-state index in [1.807, 2.05) is 16.9 Å². The van der Waals surface area contributed by atoms with Crippen LogP contribution >= 0.6 is 0 Å². The van der Waals surface area contributed by atoms with Crippen LogP contribution in [0.25, 0.3) is 0 Å². The number of ether oxygens (including phenoxy) is 2. The second kappa shape index (κ2) is 4.51. The lowest BCUT2D eigenvalue weighted by Gasteiger charge is -2.37. The highest BCUT2D eigenvalue weighted by atomic mass is 32.2. The minimum atomic E-state index is -4.23. The summed E-state index contributed by atoms with van der Waals surface area (Å²) in [7, 11) is -4.23. The fourth-order valence-corrected chi connectivity index (χ4v) is 2.23. The molecule has 1 aromatic rings. The molecule has 0 aliphatic carbocycles. The van der Waals surface area contributed by atoms with Crippen molar-refractivity contribution in [2.24, 2.45) is 0 Å². The van der Waals surface area contributed by atoms with E-state index in [-0.39, 0.29) is 6.54 Å². The predicted molar refractivity (Wildman–Crippen MR) is 64.5 cm³/mol. The number of hydrogen-bond acceptors (Lipinski definition) is 4. The predicted octanol–water partition coefficient (Wildman–Crippen LogP) is 1.27. The van der Waals surface area contributed by atoms with Crippen LogP contribution in [0.5, 0.6) is 5.75 Å². The lowest BCUT2D eigenvalue weighted by Crippen LogP contribution is -2.41. The largest absolute Gasteiger partial charge is 0.463 e. The lowest BCUT2D eigenvalue weighted by molar-refractivity contribution is -0.204. The van der Waals surface area contributed by atoms with Gasteiger partial charge in [0.1, 0.15) is 11.9 Å². The van der Waals surface area contributed by atoms with Gasteiger partial charge in [0, 0.05) is 26.0 Å². The van der Waals surface area contributed by atoms with E-state index < -0.39 is 22.2 Å². The molecule has 100 valence electrons. The van der Waals surface area contributed by atoms with Crippen LogP contribution < -0.4 is 9.46 Å². The third kappa shape index (κ3) is 3.20. The maximum atomic E-state index is 10.7. The molecule has 7 heteroatoms. The van der Waals surface area contributed by atoms with Gasteiger partial charge in [0.2, 0.25) is 5.79 Å². The third-order valence-electron chi connectivity index (χ3n) is 2.50. The van der Waals surface area contributed by atoms with Gasteiger partial charge in [-0.25, -0.2) is 0 Å². The third-order valence-corrected chi connectivity index (χ3v) is 3.03. The number of fused-ring (bicyclic) bond motifs is 1. The maximum absolute atomic E-state index is 10.7. The van der Waals surface area contributed by atoms with Gasteiger partial charge in [-0.2, -0.15) is 13.1 Å². The Morgan fingerprint density at radius 2 is 2.06 bits per heavy atom. The summed E-state index contributed by atoms with van der Waals surface area (Å²) in [6, 6.07) is 7.22. The van der Waals surface area contributed by atoms with Crippen LogP contribution in [0.1, 0.15) is 25.5 Å². The number of rotatable bonds is 3. The molecule has 6 nitrogen and oxygen atoms in total. The summed E-state index contributed by atoms with van der Waals surface area (Å²) in [5.41, 5.74) is 0.743. The average Bonchev–Trinajstić information content (AvgIpc) is 2.23. The first-order valence-corrected chi connectivity index (χ1v) is 6.89. The fourth-order valence-electron chi connectivity index (χ4n) is 1.87. The first-order valence-electron chi connectivity index (χ1n) is 5.45. The van der Waals surface area contributed by atoms with Gasteiger partial charge in [-0.05, 0) is 6.07 Å². The van der Waals surface area contributed by atoms with Crippen molar-refractivity contribution in [3.8, 4) is 5.75 Å². The molecule has 0 bridgehead atoms. The van der Waals surface area contributed by atoms with Gasteiger partial charge < -0.3 is 9.47 Å². The summed E-state index contributed by atoms with van der Waals surface area (Å²) in [6.07, 6.45) is -0.508. The Morgan fingerprint density at radius 1 is 1.39 bits per heavy atom. The normalized spacial score (nSPS) is 22.1. The molecule has 1 atom stereocenters. The topological polar surface area (TPSA) is 84.9 Å². The molecule has 0 unspecified atom stereocenters. The summed E-state index contributed by atoms with van der Waals surface area (Å²) < 4.78 is 43.4. The van der Waals surface area contributed by atoms with Crippen molar-refractivity contribution in [2.75, 3.05) is 6.54 Å². The molecule has 1 aliphatic heterocycles. The molecular weight excluding hydrogens is 258 g/mol. The van der Waals surface area contributed by atoms with Crippen molar-refractivity contribution in [1.29, 1.82) is 0 Å². The van der Waals surface area contributed by atoms with Gasteiger partial charge in [0.25, 0.3) is 0 Å². The van der Waals surface area contributed by atoms with Crippen LogP contribution in [0.4, 0.5) is 0 Å². The maximum Gasteiger partial charge on any atom is 0.333 e. The van der Waals surface area contributed by atoms with E-state index in [9.17, 15) is 8.42 Å². The second-order valence-electron chi connectivity index (χ2n) is 4.47. The highest BCUT2D eigenvalue weighted by molar-refractivity contribution is 7.83. The summed E-state index contributed by atoms with van der Waals surface area (Å²) in [5.74, 6) is -0.198. The van der Waals surface area contributed by atoms with E-state index in [4.69, 9.17) is 14.0 Å². The zero-order valence-electron chi connectivity index (χ0n) is 10.1. The van der Waals surface area contributed by atoms with Gasteiger partial charge in [-0.15, -0.1) is 0 Å². The van der Waals surface area contributed by atoms with Gasteiger partial charge in [-0.3, -0.25) is 4.55 Å². The quantitative estimate of drug-likeness (QED) is 0.810. The Balaban J connectivity index is 2.25. The van der Waals surface area contributed by atoms with E-state index in [0.29, 0.717) is 5.75 Å². The number of hydrogen-bond donors (Lipinski definition) is 2. The molecule has 0 radical (unpaired) electrons. The van der Waals surface area contributed by atoms with Crippen LogP contribution in [0.2, 0.25) is 0 Å². The molecule has 2 rings (SSSR count). The number of benzene rings is 1. The molecular formula is C11H15NO5S. The van der Waals surface area contributed by atoms with E-state index in [1.54, 1.807) is 26.0 Å². The molecule has 18 heavy (non-hydrogen) atoms. The van der Waals surface area contributed by atoms with Gasteiger partial charge in [-0.1, -0.05) is 18.2 Å². The Bertz CT molecular complexity index is 540. The lowest BCUT2D eigenvalue weighted by atomic mass is 10.1. The summed E-state index contributed by atoms with van der Waals surface area (Å²) >= 11 is 0. The minimum absolute atomic E-state index is 0.0529. The van der Waals surface area contributed by atoms with Crippen molar-refractivity contribution >= 4 is 10.3 Å². The standard InChI is InChI=1S/C11H15NO5S/c1-11(2)16-9-6-4-3-5-8(9)10(17-11)7-12-18(13,14)15/h3-6,10,12H,7H2,1-2H3,(H,13,14,15)/t10-/m1/s1. The number of para-hydroxylation sites is 1. The molecule has 0 amide bonds. The van der Waals surface area contributed by atoms with Crippen LogP contribution in [0.15, 0.2) is 24.3 Å². The first kappa shape index (κ1) is 13.3. The molecule has 0 saturated carbocycles. The SMILES string of the molecule is CC1(C)Oc2ccccc2[C@@H](CNS(=O)(=O)O)O1. The van der Waals surface area contributed by atoms with E-state index in [1.165, 1.54) is 0 Å². The molecule has 1 aromatic carbocycles. The zero-order valence-corrected chi connectivity index (χ0v) is 10.9. The smallest absolute Gasteiger partial charge is 0.333 e. The van der Waals surface area contributed by atoms with Gasteiger partial charge in [0.15, 0.2) is 0 Å². The Morgan fingerprint density at radius 3 is 2.72 bits per heavy atom. The molecule has 0 saturated heterocycles. The van der Waals surface area contributed by atoms with Crippen molar-refractivity contribution in [2.45, 2.75) is 25.7 Å². The van der Waals surface area contributed by atoms with Crippen molar-refractivity contribution in [1.82, 2.24) is 4.72 Å². The Hall–Kier alpha value is -1.15. The summed E-state index contributed by atoms with van der Waals surface area (Å²) in [6.45, 7) is 3.43. The summed E-state index contributed by atoms with van der Waals surface area (Å²) in [5, 5.41) is 0. The fraction of sp³-hybridized carbons (Fsp3) is 0.455. The van der Waals surface area contributed by atoms with Crippen molar-refractivity contribution in [3.05, 3.63) is 29.8 Å². The Kier molecular flexibility index (Phi) is 3.33. The average molecular weight is 273 g/mol. The molecule has 1 aliphatic rings. The molecule has 0 fully saturated rings. The van der Waals surface area contributed by atoms with E-state index >= 15 is 0 Å². The first-order chi connectivity index (χ1) is 8.27. The highest BCUT2D eigenvalue weighted by Gasteiger charge is 2.34. The van der Waals surface area contributed by atoms with Gasteiger partial charge >= 0.3 is 10.3 Å². The summed E-state index contributed by atoms with van der Waals surface area (Å²) in [4.78, 5) is 0. The highest BCUT2D eigenvalue weighted by Crippen LogP contribution is 2.37. The van der Waals surface area contributed by atoms with Gasteiger partial charge in [0.05, 0.1) is 0 Å². The van der Waals surface area contributed by atoms with E-state index in [0.717, 1.165) is 5.56 Å². The van der Waals surface area contributed by atoms with Crippen LogP contribution in [-0.4, -0.2) is 25.3 Å².